The summed E-state index contributed by atoms with van der Waals surface area (Å²) in [6.45, 7) is 4.25. The lowest BCUT2D eigenvalue weighted by molar-refractivity contribution is -0.128. The fraction of sp³-hybridized carbons (Fsp3) is 0.562. The van der Waals surface area contributed by atoms with Crippen LogP contribution < -0.4 is 0 Å². The highest BCUT2D eigenvalue weighted by Gasteiger charge is 2.38. The van der Waals surface area contributed by atoms with Crippen molar-refractivity contribution in [2.75, 3.05) is 0 Å². The third kappa shape index (κ3) is 2.59. The Labute approximate surface area is 104 Å². The van der Waals surface area contributed by atoms with Crippen molar-refractivity contribution in [3.63, 3.8) is 0 Å². The molecule has 0 bridgehead atoms. The molecular weight excluding hydrogens is 208 g/mol. The number of carbonyl (C=O) groups is 1. The topological polar surface area (TPSA) is 17.1 Å². The standard InChI is InChI=1S/C16H22O/c1-3-16(9-4-5-10-16)15(17)12-14-8-6-7-13(2)11-14/h6-8,11H,3-5,9-10,12H2,1-2H3. The van der Waals surface area contributed by atoms with E-state index in [0.717, 1.165) is 19.3 Å². The summed E-state index contributed by atoms with van der Waals surface area (Å²) in [5.41, 5.74) is 2.42. The molecule has 1 aromatic rings. The zero-order chi connectivity index (χ0) is 12.3. The lowest BCUT2D eigenvalue weighted by atomic mass is 9.77. The van der Waals surface area contributed by atoms with E-state index in [9.17, 15) is 4.79 Å². The number of ketones is 1. The molecule has 17 heavy (non-hydrogen) atoms. The Bertz CT molecular complexity index is 400. The molecule has 2 rings (SSSR count). The second-order valence-corrected chi connectivity index (χ2v) is 5.43. The lowest BCUT2D eigenvalue weighted by Crippen LogP contribution is -2.28. The van der Waals surface area contributed by atoms with Gasteiger partial charge in [0.1, 0.15) is 5.78 Å². The van der Waals surface area contributed by atoms with Crippen molar-refractivity contribution in [3.05, 3.63) is 35.4 Å². The summed E-state index contributed by atoms with van der Waals surface area (Å²) in [7, 11) is 0. The maximum atomic E-state index is 12.5. The Balaban J connectivity index is 2.10. The monoisotopic (exact) mass is 230 g/mol. The van der Waals surface area contributed by atoms with E-state index >= 15 is 0 Å². The van der Waals surface area contributed by atoms with Gasteiger partial charge in [-0.05, 0) is 31.7 Å². The van der Waals surface area contributed by atoms with Gasteiger partial charge in [0.25, 0.3) is 0 Å². The van der Waals surface area contributed by atoms with Gasteiger partial charge in [-0.3, -0.25) is 4.79 Å². The van der Waals surface area contributed by atoms with Crippen molar-refractivity contribution in [1.82, 2.24) is 0 Å². The molecule has 0 heterocycles. The van der Waals surface area contributed by atoms with E-state index in [0.29, 0.717) is 12.2 Å². The highest BCUT2D eigenvalue weighted by atomic mass is 16.1. The first-order chi connectivity index (χ1) is 8.16. The van der Waals surface area contributed by atoms with Crippen LogP contribution in [0.15, 0.2) is 24.3 Å². The van der Waals surface area contributed by atoms with Crippen LogP contribution in [0, 0.1) is 12.3 Å². The smallest absolute Gasteiger partial charge is 0.143 e. The third-order valence-corrected chi connectivity index (χ3v) is 4.28. The van der Waals surface area contributed by atoms with Gasteiger partial charge in [-0.2, -0.15) is 0 Å². The molecule has 0 aliphatic heterocycles. The lowest BCUT2D eigenvalue weighted by Gasteiger charge is -2.25. The van der Waals surface area contributed by atoms with Crippen LogP contribution in [0.5, 0.6) is 0 Å². The van der Waals surface area contributed by atoms with Gasteiger partial charge < -0.3 is 0 Å². The Morgan fingerprint density at radius 1 is 1.29 bits per heavy atom. The average molecular weight is 230 g/mol. The summed E-state index contributed by atoms with van der Waals surface area (Å²) in [5.74, 6) is 0.461. The number of rotatable bonds is 4. The molecule has 0 saturated heterocycles. The molecule has 92 valence electrons. The van der Waals surface area contributed by atoms with Crippen molar-refractivity contribution in [3.8, 4) is 0 Å². The van der Waals surface area contributed by atoms with Crippen LogP contribution in [0.25, 0.3) is 0 Å². The SMILES string of the molecule is CCC1(C(=O)Cc2cccc(C)c2)CCCC1. The number of aryl methyl sites for hydroxylation is 1. The van der Waals surface area contributed by atoms with Gasteiger partial charge in [-0.15, -0.1) is 0 Å². The van der Waals surface area contributed by atoms with Crippen LogP contribution in [-0.4, -0.2) is 5.78 Å². The van der Waals surface area contributed by atoms with Crippen LogP contribution in [0.2, 0.25) is 0 Å². The molecule has 1 heteroatoms. The summed E-state index contributed by atoms with van der Waals surface area (Å²) < 4.78 is 0. The molecule has 0 radical (unpaired) electrons. The van der Waals surface area contributed by atoms with Crippen molar-refractivity contribution >= 4 is 5.78 Å². The zero-order valence-electron chi connectivity index (χ0n) is 11.0. The zero-order valence-corrected chi connectivity index (χ0v) is 11.0. The van der Waals surface area contributed by atoms with Crippen molar-refractivity contribution in [1.29, 1.82) is 0 Å². The predicted molar refractivity (Wildman–Crippen MR) is 71.1 cm³/mol. The highest BCUT2D eigenvalue weighted by Crippen LogP contribution is 2.42. The van der Waals surface area contributed by atoms with Gasteiger partial charge in [-0.1, -0.05) is 49.6 Å². The van der Waals surface area contributed by atoms with Crippen LogP contribution in [0.4, 0.5) is 0 Å². The molecule has 1 nitrogen and oxygen atoms in total. The molecule has 1 aliphatic rings. The first-order valence-corrected chi connectivity index (χ1v) is 6.75. The largest absolute Gasteiger partial charge is 0.299 e. The second-order valence-electron chi connectivity index (χ2n) is 5.43. The Kier molecular flexibility index (Phi) is 3.66. The van der Waals surface area contributed by atoms with E-state index in [1.54, 1.807) is 0 Å². The first kappa shape index (κ1) is 12.3. The number of benzene rings is 1. The van der Waals surface area contributed by atoms with Gasteiger partial charge >= 0.3 is 0 Å². The molecule has 1 aromatic carbocycles. The van der Waals surface area contributed by atoms with Crippen LogP contribution in [0.3, 0.4) is 0 Å². The minimum absolute atomic E-state index is 0.00372. The summed E-state index contributed by atoms with van der Waals surface area (Å²) in [5, 5.41) is 0. The number of hydrogen-bond donors (Lipinski definition) is 0. The van der Waals surface area contributed by atoms with Crippen molar-refractivity contribution in [2.45, 2.75) is 52.4 Å². The summed E-state index contributed by atoms with van der Waals surface area (Å²) in [4.78, 5) is 12.5. The quantitative estimate of drug-likeness (QED) is 0.761. The van der Waals surface area contributed by atoms with Gasteiger partial charge in [0.15, 0.2) is 0 Å². The van der Waals surface area contributed by atoms with E-state index in [1.165, 1.54) is 24.0 Å². The number of carbonyl (C=O) groups excluding carboxylic acids is 1. The molecule has 0 unspecified atom stereocenters. The minimum atomic E-state index is 0.00372. The number of hydrogen-bond acceptors (Lipinski definition) is 1. The Morgan fingerprint density at radius 3 is 2.59 bits per heavy atom. The first-order valence-electron chi connectivity index (χ1n) is 6.75. The second kappa shape index (κ2) is 5.03. The summed E-state index contributed by atoms with van der Waals surface area (Å²) in [6, 6.07) is 8.34. The van der Waals surface area contributed by atoms with E-state index < -0.39 is 0 Å². The molecule has 1 fully saturated rings. The van der Waals surface area contributed by atoms with Crippen molar-refractivity contribution < 1.29 is 4.79 Å². The van der Waals surface area contributed by atoms with E-state index in [2.05, 4.69) is 32.0 Å². The van der Waals surface area contributed by atoms with Gasteiger partial charge in [-0.25, -0.2) is 0 Å². The molecule has 0 atom stereocenters. The molecule has 0 aromatic heterocycles. The predicted octanol–water partition coefficient (Wildman–Crippen LogP) is 4.08. The normalized spacial score (nSPS) is 18.2. The van der Waals surface area contributed by atoms with E-state index in [4.69, 9.17) is 0 Å². The van der Waals surface area contributed by atoms with Gasteiger partial charge in [0.2, 0.25) is 0 Å². The summed E-state index contributed by atoms with van der Waals surface area (Å²) >= 11 is 0. The van der Waals surface area contributed by atoms with Crippen LogP contribution in [0.1, 0.15) is 50.2 Å². The van der Waals surface area contributed by atoms with E-state index in [-0.39, 0.29) is 5.41 Å². The Hall–Kier alpha value is -1.11. The third-order valence-electron chi connectivity index (χ3n) is 4.28. The van der Waals surface area contributed by atoms with Gasteiger partial charge in [0, 0.05) is 11.8 Å². The van der Waals surface area contributed by atoms with Crippen LogP contribution >= 0.6 is 0 Å². The van der Waals surface area contributed by atoms with E-state index in [1.807, 2.05) is 6.07 Å². The highest BCUT2D eigenvalue weighted by molar-refractivity contribution is 5.87. The molecule has 0 spiro atoms. The molecule has 1 aliphatic carbocycles. The average Bonchev–Trinajstić information content (AvgIpc) is 2.78. The minimum Gasteiger partial charge on any atom is -0.299 e. The van der Waals surface area contributed by atoms with Gasteiger partial charge in [0.05, 0.1) is 0 Å². The maximum absolute atomic E-state index is 12.5. The maximum Gasteiger partial charge on any atom is 0.143 e. The fourth-order valence-corrected chi connectivity index (χ4v) is 3.08. The van der Waals surface area contributed by atoms with Crippen LogP contribution in [-0.2, 0) is 11.2 Å². The molecule has 0 N–H and O–H groups in total. The fourth-order valence-electron chi connectivity index (χ4n) is 3.08. The Morgan fingerprint density at radius 2 is 2.00 bits per heavy atom. The number of Topliss-reactive ketones (excluding diaryl/α,β-unsaturated/α-hetero) is 1. The molecule has 1 saturated carbocycles. The molecule has 0 amide bonds. The van der Waals surface area contributed by atoms with Crippen molar-refractivity contribution in [2.24, 2.45) is 5.41 Å². The molecular formula is C16H22O. The summed E-state index contributed by atoms with van der Waals surface area (Å²) in [6.07, 6.45) is 6.30.